The number of nitrogens with two attached hydrogens (primary N) is 1. The number of aromatic carboxylic acids is 1. The minimum Gasteiger partial charge on any atom is -0.478 e. The summed E-state index contributed by atoms with van der Waals surface area (Å²) in [5.74, 6) is -1.34. The van der Waals surface area contributed by atoms with E-state index in [4.69, 9.17) is 10.8 Å². The summed E-state index contributed by atoms with van der Waals surface area (Å²) < 4.78 is 38.7. The predicted octanol–water partition coefficient (Wildman–Crippen LogP) is 3.71. The first-order valence-electron chi connectivity index (χ1n) is 5.09. The van der Waals surface area contributed by atoms with Crippen molar-refractivity contribution in [3.8, 4) is 11.1 Å². The van der Waals surface area contributed by atoms with Crippen LogP contribution in [0.1, 0.15) is 15.9 Å². The Hall–Kier alpha value is -2.02. The van der Waals surface area contributed by atoms with E-state index >= 15 is 0 Å². The highest BCUT2D eigenvalue weighted by molar-refractivity contribution is 7.14. The van der Waals surface area contributed by atoms with Gasteiger partial charge in [0.1, 0.15) is 10.6 Å². The summed E-state index contributed by atoms with van der Waals surface area (Å²) in [7, 11) is 0. The molecule has 0 fully saturated rings. The molecular formula is C12H8F3NO2S. The third-order valence-corrected chi connectivity index (χ3v) is 3.37. The summed E-state index contributed by atoms with van der Waals surface area (Å²) in [4.78, 5) is 11.1. The standard InChI is InChI=1S/C12H8F3NO2S/c13-12(14,15)8-4-2-1-3-6(8)7-5-19-10(16)9(7)11(17)18/h1-5H,16H2,(H,17,18). The van der Waals surface area contributed by atoms with E-state index in [1.807, 2.05) is 0 Å². The van der Waals surface area contributed by atoms with Crippen molar-refractivity contribution in [3.05, 3.63) is 40.8 Å². The van der Waals surface area contributed by atoms with Gasteiger partial charge in [0.05, 0.1) is 5.56 Å². The smallest absolute Gasteiger partial charge is 0.417 e. The Kier molecular flexibility index (Phi) is 3.23. The Morgan fingerprint density at radius 1 is 1.21 bits per heavy atom. The molecule has 0 aliphatic carbocycles. The number of rotatable bonds is 2. The number of nitrogen functional groups attached to an aromatic ring is 1. The van der Waals surface area contributed by atoms with E-state index in [2.05, 4.69) is 0 Å². The van der Waals surface area contributed by atoms with Crippen LogP contribution in [0.4, 0.5) is 18.2 Å². The van der Waals surface area contributed by atoms with Crippen molar-refractivity contribution < 1.29 is 23.1 Å². The van der Waals surface area contributed by atoms with Crippen molar-refractivity contribution in [2.75, 3.05) is 5.73 Å². The summed E-state index contributed by atoms with van der Waals surface area (Å²) in [5.41, 5.74) is 4.13. The van der Waals surface area contributed by atoms with Gasteiger partial charge < -0.3 is 10.8 Å². The number of anilines is 1. The Morgan fingerprint density at radius 2 is 1.84 bits per heavy atom. The van der Waals surface area contributed by atoms with Gasteiger partial charge in [-0.3, -0.25) is 0 Å². The number of thiophene rings is 1. The van der Waals surface area contributed by atoms with Crippen molar-refractivity contribution in [1.82, 2.24) is 0 Å². The van der Waals surface area contributed by atoms with E-state index < -0.39 is 17.7 Å². The maximum absolute atomic E-state index is 12.9. The molecule has 3 nitrogen and oxygen atoms in total. The molecule has 0 radical (unpaired) electrons. The number of carbonyl (C=O) groups is 1. The van der Waals surface area contributed by atoms with Gasteiger partial charge in [-0.05, 0) is 11.6 Å². The summed E-state index contributed by atoms with van der Waals surface area (Å²) in [6, 6.07) is 4.82. The molecule has 0 aliphatic heterocycles. The van der Waals surface area contributed by atoms with Crippen LogP contribution in [0.5, 0.6) is 0 Å². The van der Waals surface area contributed by atoms with Crippen molar-refractivity contribution in [3.63, 3.8) is 0 Å². The number of benzene rings is 1. The molecular weight excluding hydrogens is 279 g/mol. The van der Waals surface area contributed by atoms with Gasteiger partial charge in [-0.1, -0.05) is 18.2 Å². The average Bonchev–Trinajstić information content (AvgIpc) is 2.70. The molecule has 0 saturated carbocycles. The topological polar surface area (TPSA) is 63.3 Å². The number of carboxylic acids is 1. The number of hydrogen-bond donors (Lipinski definition) is 2. The van der Waals surface area contributed by atoms with Gasteiger partial charge >= 0.3 is 12.1 Å². The van der Waals surface area contributed by atoms with Gasteiger partial charge in [0.25, 0.3) is 0 Å². The lowest BCUT2D eigenvalue weighted by molar-refractivity contribution is -0.137. The van der Waals surface area contributed by atoms with E-state index in [0.717, 1.165) is 17.4 Å². The molecule has 1 heterocycles. The van der Waals surface area contributed by atoms with Gasteiger partial charge in [0.15, 0.2) is 0 Å². The molecule has 0 aliphatic rings. The zero-order valence-electron chi connectivity index (χ0n) is 9.36. The minimum atomic E-state index is -4.55. The summed E-state index contributed by atoms with van der Waals surface area (Å²) >= 11 is 0.903. The van der Waals surface area contributed by atoms with Crippen LogP contribution in [0.2, 0.25) is 0 Å². The van der Waals surface area contributed by atoms with E-state index in [0.29, 0.717) is 0 Å². The van der Waals surface area contributed by atoms with Gasteiger partial charge in [0.2, 0.25) is 0 Å². The van der Waals surface area contributed by atoms with Crippen LogP contribution < -0.4 is 5.73 Å². The van der Waals surface area contributed by atoms with Gasteiger partial charge in [-0.15, -0.1) is 11.3 Å². The molecule has 1 aromatic carbocycles. The fourth-order valence-corrected chi connectivity index (χ4v) is 2.56. The van der Waals surface area contributed by atoms with Gasteiger partial charge in [-0.2, -0.15) is 13.2 Å². The first-order chi connectivity index (χ1) is 8.82. The molecule has 3 N–H and O–H groups in total. The summed E-state index contributed by atoms with van der Waals surface area (Å²) in [6.45, 7) is 0. The average molecular weight is 287 g/mol. The Morgan fingerprint density at radius 3 is 2.42 bits per heavy atom. The molecule has 0 amide bonds. The fraction of sp³-hybridized carbons (Fsp3) is 0.0833. The lowest BCUT2D eigenvalue weighted by Crippen LogP contribution is -2.08. The quantitative estimate of drug-likeness (QED) is 0.885. The van der Waals surface area contributed by atoms with Gasteiger partial charge in [0, 0.05) is 10.9 Å². The predicted molar refractivity (Wildman–Crippen MR) is 66.1 cm³/mol. The number of carboxylic acid groups (broad SMARTS) is 1. The van der Waals surface area contributed by atoms with Crippen LogP contribution in [-0.4, -0.2) is 11.1 Å². The molecule has 0 unspecified atom stereocenters. The van der Waals surface area contributed by atoms with Crippen LogP contribution in [0.25, 0.3) is 11.1 Å². The normalized spacial score (nSPS) is 11.5. The number of hydrogen-bond acceptors (Lipinski definition) is 3. The molecule has 2 aromatic rings. The zero-order valence-corrected chi connectivity index (χ0v) is 10.2. The summed E-state index contributed by atoms with van der Waals surface area (Å²) in [5, 5.41) is 10.3. The van der Waals surface area contributed by atoms with Crippen LogP contribution in [0.15, 0.2) is 29.6 Å². The molecule has 0 bridgehead atoms. The molecule has 2 rings (SSSR count). The van der Waals surface area contributed by atoms with Gasteiger partial charge in [-0.25, -0.2) is 4.79 Å². The number of alkyl halides is 3. The largest absolute Gasteiger partial charge is 0.478 e. The molecule has 7 heteroatoms. The SMILES string of the molecule is Nc1scc(-c2ccccc2C(F)(F)F)c1C(=O)O. The Bertz CT molecular complexity index is 634. The second kappa shape index (κ2) is 4.58. The Labute approximate surface area is 110 Å². The number of halogens is 3. The second-order valence-corrected chi connectivity index (χ2v) is 4.65. The summed E-state index contributed by atoms with van der Waals surface area (Å²) in [6.07, 6.45) is -4.55. The lowest BCUT2D eigenvalue weighted by atomic mass is 9.98. The van der Waals surface area contributed by atoms with E-state index in [-0.39, 0.29) is 21.7 Å². The lowest BCUT2D eigenvalue weighted by Gasteiger charge is -2.12. The third kappa shape index (κ3) is 2.41. The van der Waals surface area contributed by atoms with Crippen molar-refractivity contribution in [2.45, 2.75) is 6.18 Å². The minimum absolute atomic E-state index is 0.0112. The van der Waals surface area contributed by atoms with E-state index in [1.54, 1.807) is 0 Å². The molecule has 19 heavy (non-hydrogen) atoms. The third-order valence-electron chi connectivity index (χ3n) is 2.56. The molecule has 100 valence electrons. The highest BCUT2D eigenvalue weighted by atomic mass is 32.1. The van der Waals surface area contributed by atoms with Crippen LogP contribution in [-0.2, 0) is 6.18 Å². The highest BCUT2D eigenvalue weighted by Gasteiger charge is 2.34. The molecule has 0 atom stereocenters. The maximum Gasteiger partial charge on any atom is 0.417 e. The molecule has 0 spiro atoms. The molecule has 1 aromatic heterocycles. The van der Waals surface area contributed by atoms with Crippen molar-refractivity contribution in [2.24, 2.45) is 0 Å². The van der Waals surface area contributed by atoms with Crippen LogP contribution >= 0.6 is 11.3 Å². The van der Waals surface area contributed by atoms with Crippen molar-refractivity contribution in [1.29, 1.82) is 0 Å². The maximum atomic E-state index is 12.9. The first-order valence-corrected chi connectivity index (χ1v) is 5.97. The van der Waals surface area contributed by atoms with Crippen LogP contribution in [0, 0.1) is 0 Å². The molecule has 0 saturated heterocycles. The van der Waals surface area contributed by atoms with Crippen molar-refractivity contribution >= 4 is 22.3 Å². The fourth-order valence-electron chi connectivity index (χ4n) is 1.76. The Balaban J connectivity index is 2.70. The first kappa shape index (κ1) is 13.4. The van der Waals surface area contributed by atoms with E-state index in [9.17, 15) is 18.0 Å². The monoisotopic (exact) mass is 287 g/mol. The second-order valence-electron chi connectivity index (χ2n) is 3.74. The van der Waals surface area contributed by atoms with E-state index in [1.165, 1.54) is 23.6 Å². The zero-order chi connectivity index (χ0) is 14.2. The highest BCUT2D eigenvalue weighted by Crippen LogP contribution is 2.41. The van der Waals surface area contributed by atoms with Crippen LogP contribution in [0.3, 0.4) is 0 Å².